The van der Waals surface area contributed by atoms with Crippen molar-refractivity contribution in [2.75, 3.05) is 20.3 Å². The zero-order chi connectivity index (χ0) is 29.9. The van der Waals surface area contributed by atoms with E-state index in [1.54, 1.807) is 35.9 Å². The molecular weight excluding hydrogens is 550 g/mol. The van der Waals surface area contributed by atoms with Gasteiger partial charge in [0.15, 0.2) is 0 Å². The largest absolute Gasteiger partial charge is 0.497 e. The summed E-state index contributed by atoms with van der Waals surface area (Å²) in [6.07, 6.45) is 3.43. The average molecular weight is 586 g/mol. The van der Waals surface area contributed by atoms with Gasteiger partial charge >= 0.3 is 5.97 Å². The van der Waals surface area contributed by atoms with Gasteiger partial charge in [-0.05, 0) is 86.7 Å². The summed E-state index contributed by atoms with van der Waals surface area (Å²) in [7, 11) is 1.59. The lowest BCUT2D eigenvalue weighted by atomic mass is 9.78. The number of allylic oxidation sites excluding steroid dienone is 1. The molecule has 42 heavy (non-hydrogen) atoms. The van der Waals surface area contributed by atoms with Gasteiger partial charge in [0.2, 0.25) is 0 Å². The molecule has 2 heterocycles. The first-order valence-electron chi connectivity index (χ1n) is 14.2. The van der Waals surface area contributed by atoms with Gasteiger partial charge in [0.1, 0.15) is 11.5 Å². The Labute approximate surface area is 251 Å². The summed E-state index contributed by atoms with van der Waals surface area (Å²) in [5.74, 6) is 1.09. The van der Waals surface area contributed by atoms with Crippen LogP contribution in [0.3, 0.4) is 0 Å². The van der Waals surface area contributed by atoms with Crippen LogP contribution in [0.25, 0.3) is 10.9 Å². The molecule has 1 atom stereocenters. The molecule has 0 saturated heterocycles. The van der Waals surface area contributed by atoms with E-state index in [-0.39, 0.29) is 23.7 Å². The van der Waals surface area contributed by atoms with Crippen molar-refractivity contribution in [3.8, 4) is 11.5 Å². The van der Waals surface area contributed by atoms with Gasteiger partial charge in [-0.25, -0.2) is 0 Å². The molecule has 0 amide bonds. The van der Waals surface area contributed by atoms with E-state index in [1.165, 1.54) is 11.1 Å². The average Bonchev–Trinajstić information content (AvgIpc) is 3.45. The Morgan fingerprint density at radius 1 is 1.07 bits per heavy atom. The van der Waals surface area contributed by atoms with Crippen LogP contribution in [0.4, 0.5) is 0 Å². The van der Waals surface area contributed by atoms with E-state index in [2.05, 4.69) is 25.6 Å². The molecule has 1 aromatic heterocycles. The van der Waals surface area contributed by atoms with E-state index >= 15 is 0 Å². The van der Waals surface area contributed by atoms with Crippen LogP contribution < -0.4 is 9.47 Å². The lowest BCUT2D eigenvalue weighted by Crippen LogP contribution is -2.24. The molecule has 7 heteroatoms. The van der Waals surface area contributed by atoms with E-state index in [9.17, 15) is 9.59 Å². The zero-order valence-corrected chi connectivity index (χ0v) is 25.1. The lowest BCUT2D eigenvalue weighted by molar-refractivity contribution is -0.142. The van der Waals surface area contributed by atoms with Crippen molar-refractivity contribution in [3.05, 3.63) is 106 Å². The molecular formula is C35H36ClNO5. The van der Waals surface area contributed by atoms with Gasteiger partial charge in [0, 0.05) is 32.6 Å². The highest BCUT2D eigenvalue weighted by Gasteiger charge is 2.36. The minimum absolute atomic E-state index is 0.0564. The molecule has 0 fully saturated rings. The fraction of sp³-hybridized carbons (Fsp3) is 0.314. The van der Waals surface area contributed by atoms with Crippen molar-refractivity contribution in [2.24, 2.45) is 0 Å². The second-order valence-corrected chi connectivity index (χ2v) is 11.7. The molecule has 5 rings (SSSR count). The van der Waals surface area contributed by atoms with Crippen molar-refractivity contribution in [1.82, 2.24) is 4.57 Å². The van der Waals surface area contributed by atoms with Gasteiger partial charge in [-0.3, -0.25) is 14.2 Å². The number of carbonyl (C=O) groups is 2. The maximum atomic E-state index is 13.5. The Kier molecular flexibility index (Phi) is 8.74. The number of fused-ring (bicyclic) bond motifs is 2. The van der Waals surface area contributed by atoms with Gasteiger partial charge in [0.05, 0.1) is 32.3 Å². The van der Waals surface area contributed by atoms with Crippen LogP contribution >= 0.6 is 11.6 Å². The van der Waals surface area contributed by atoms with Crippen molar-refractivity contribution < 1.29 is 23.8 Å². The van der Waals surface area contributed by atoms with Gasteiger partial charge in [-0.1, -0.05) is 48.9 Å². The predicted molar refractivity (Wildman–Crippen MR) is 166 cm³/mol. The number of benzene rings is 3. The van der Waals surface area contributed by atoms with Crippen LogP contribution in [0.5, 0.6) is 11.5 Å². The molecule has 0 unspecified atom stereocenters. The van der Waals surface area contributed by atoms with E-state index in [0.29, 0.717) is 40.8 Å². The van der Waals surface area contributed by atoms with Gasteiger partial charge in [-0.15, -0.1) is 0 Å². The standard InChI is InChI=1S/C35H36ClNO5/c1-23(21-35(3)22-42-32-11-6-5-10-30(32)35)9-7-8-18-41-33(38)20-28-24(2)37(31-17-16-27(40-4)19-29(28)31)34(39)25-12-14-26(36)15-13-25/h5-6,10-17,19H,1,7-9,18,20-22H2,2-4H3/t35-/m0/s1. The van der Waals surface area contributed by atoms with Gasteiger partial charge in [0.25, 0.3) is 5.91 Å². The minimum Gasteiger partial charge on any atom is -0.497 e. The first kappa shape index (κ1) is 29.5. The van der Waals surface area contributed by atoms with Crippen molar-refractivity contribution in [3.63, 3.8) is 0 Å². The summed E-state index contributed by atoms with van der Waals surface area (Å²) in [5, 5.41) is 1.34. The molecule has 4 aromatic rings. The maximum Gasteiger partial charge on any atom is 0.310 e. The number of para-hydroxylation sites is 1. The number of hydrogen-bond acceptors (Lipinski definition) is 5. The predicted octanol–water partition coefficient (Wildman–Crippen LogP) is 7.85. The molecule has 0 N–H and O–H groups in total. The molecule has 3 aromatic carbocycles. The highest BCUT2D eigenvalue weighted by molar-refractivity contribution is 6.30. The Balaban J connectivity index is 1.19. The molecule has 0 radical (unpaired) electrons. The number of halogens is 1. The number of unbranched alkanes of at least 4 members (excludes halogenated alkanes) is 1. The van der Waals surface area contributed by atoms with Gasteiger partial charge in [-0.2, -0.15) is 0 Å². The summed E-state index contributed by atoms with van der Waals surface area (Å²) in [4.78, 5) is 26.4. The van der Waals surface area contributed by atoms with Crippen LogP contribution in [-0.2, 0) is 21.4 Å². The summed E-state index contributed by atoms with van der Waals surface area (Å²) in [5.41, 5.74) is 5.00. The first-order valence-corrected chi connectivity index (χ1v) is 14.6. The third-order valence-electron chi connectivity index (χ3n) is 8.07. The third kappa shape index (κ3) is 6.09. The zero-order valence-electron chi connectivity index (χ0n) is 24.4. The maximum absolute atomic E-state index is 13.5. The van der Waals surface area contributed by atoms with Crippen LogP contribution in [0, 0.1) is 6.92 Å². The molecule has 6 nitrogen and oxygen atoms in total. The Hall–Kier alpha value is -4.03. The summed E-state index contributed by atoms with van der Waals surface area (Å²) in [6, 6.07) is 20.5. The van der Waals surface area contributed by atoms with Crippen LogP contribution in [0.1, 0.15) is 59.8 Å². The number of esters is 1. The van der Waals surface area contributed by atoms with Crippen LogP contribution in [0.2, 0.25) is 5.02 Å². The number of rotatable bonds is 11. The van der Waals surface area contributed by atoms with E-state index < -0.39 is 0 Å². The summed E-state index contributed by atoms with van der Waals surface area (Å²) < 4.78 is 18.6. The number of nitrogens with zero attached hydrogens (tertiary/aromatic N) is 1. The first-order chi connectivity index (χ1) is 20.2. The molecule has 1 aliphatic rings. The fourth-order valence-electron chi connectivity index (χ4n) is 5.85. The minimum atomic E-state index is -0.329. The van der Waals surface area contributed by atoms with Crippen molar-refractivity contribution in [2.45, 2.75) is 51.4 Å². The molecule has 0 aliphatic carbocycles. The van der Waals surface area contributed by atoms with Crippen molar-refractivity contribution in [1.29, 1.82) is 0 Å². The second-order valence-electron chi connectivity index (χ2n) is 11.2. The van der Waals surface area contributed by atoms with E-state index in [1.807, 2.05) is 37.3 Å². The number of carbonyl (C=O) groups excluding carboxylic acids is 2. The third-order valence-corrected chi connectivity index (χ3v) is 8.32. The van der Waals surface area contributed by atoms with Crippen LogP contribution in [0.15, 0.2) is 78.9 Å². The highest BCUT2D eigenvalue weighted by Crippen LogP contribution is 2.42. The highest BCUT2D eigenvalue weighted by atomic mass is 35.5. The molecule has 0 bridgehead atoms. The SMILES string of the molecule is C=C(CCCCOC(=O)Cc1c(C)n(C(=O)c2ccc(Cl)cc2)c2ccc(OC)cc12)C[C@@]1(C)COc2ccccc21. The monoisotopic (exact) mass is 585 g/mol. The molecule has 0 spiro atoms. The topological polar surface area (TPSA) is 66.8 Å². The number of ether oxygens (including phenoxy) is 3. The molecule has 0 saturated carbocycles. The lowest BCUT2D eigenvalue weighted by Gasteiger charge is -2.24. The second kappa shape index (κ2) is 12.5. The number of hydrogen-bond donors (Lipinski definition) is 0. The quantitative estimate of drug-likeness (QED) is 0.102. The number of aromatic nitrogens is 1. The Bertz CT molecular complexity index is 1640. The summed E-state index contributed by atoms with van der Waals surface area (Å²) in [6.45, 7) is 9.38. The Morgan fingerprint density at radius 3 is 2.60 bits per heavy atom. The van der Waals surface area contributed by atoms with Gasteiger partial charge < -0.3 is 14.2 Å². The van der Waals surface area contributed by atoms with E-state index in [0.717, 1.165) is 42.4 Å². The smallest absolute Gasteiger partial charge is 0.310 e. The van der Waals surface area contributed by atoms with Crippen molar-refractivity contribution >= 4 is 34.4 Å². The normalized spacial score (nSPS) is 15.7. The number of methoxy groups -OCH3 is 1. The van der Waals surface area contributed by atoms with Crippen LogP contribution in [-0.4, -0.2) is 36.8 Å². The fourth-order valence-corrected chi connectivity index (χ4v) is 5.97. The Morgan fingerprint density at radius 2 is 1.83 bits per heavy atom. The molecule has 218 valence electrons. The summed E-state index contributed by atoms with van der Waals surface area (Å²) >= 11 is 6.02. The van der Waals surface area contributed by atoms with E-state index in [4.69, 9.17) is 25.8 Å². The molecule has 1 aliphatic heterocycles.